The van der Waals surface area contributed by atoms with Gasteiger partial charge in [0.1, 0.15) is 12.2 Å². The van der Waals surface area contributed by atoms with Crippen LogP contribution < -0.4 is 5.32 Å². The number of aromatic nitrogens is 3. The van der Waals surface area contributed by atoms with Gasteiger partial charge in [0.05, 0.1) is 12.6 Å². The standard InChI is InChI=1S/C10H16N4/c1-5-9(4)11-6-10-12-7-13-14(10)8(2)3/h1,7-9,11H,6H2,2-4H3. The van der Waals surface area contributed by atoms with Crippen molar-refractivity contribution in [3.63, 3.8) is 0 Å². The van der Waals surface area contributed by atoms with E-state index in [2.05, 4.69) is 35.2 Å². The summed E-state index contributed by atoms with van der Waals surface area (Å²) < 4.78 is 1.89. The lowest BCUT2D eigenvalue weighted by atomic mass is 10.3. The molecule has 1 N–H and O–H groups in total. The number of nitrogens with zero attached hydrogens (tertiary/aromatic N) is 3. The van der Waals surface area contributed by atoms with Crippen molar-refractivity contribution in [2.45, 2.75) is 39.4 Å². The molecule has 76 valence electrons. The van der Waals surface area contributed by atoms with Crippen molar-refractivity contribution >= 4 is 0 Å². The molecule has 0 fully saturated rings. The van der Waals surface area contributed by atoms with Gasteiger partial charge < -0.3 is 0 Å². The van der Waals surface area contributed by atoms with E-state index < -0.39 is 0 Å². The number of nitrogens with one attached hydrogen (secondary N) is 1. The molecule has 1 unspecified atom stereocenters. The third-order valence-corrected chi connectivity index (χ3v) is 1.95. The fraction of sp³-hybridized carbons (Fsp3) is 0.600. The Labute approximate surface area is 84.7 Å². The predicted octanol–water partition coefficient (Wildman–Crippen LogP) is 0.970. The van der Waals surface area contributed by atoms with E-state index in [4.69, 9.17) is 6.42 Å². The first-order chi connectivity index (χ1) is 6.65. The van der Waals surface area contributed by atoms with Crippen LogP contribution in [-0.4, -0.2) is 20.8 Å². The number of hydrogen-bond donors (Lipinski definition) is 1. The van der Waals surface area contributed by atoms with Gasteiger partial charge in [-0.2, -0.15) is 5.10 Å². The number of terminal acetylenes is 1. The molecular weight excluding hydrogens is 176 g/mol. The first-order valence-corrected chi connectivity index (χ1v) is 4.73. The Morgan fingerprint density at radius 2 is 2.29 bits per heavy atom. The lowest BCUT2D eigenvalue weighted by molar-refractivity contribution is 0.486. The maximum absolute atomic E-state index is 5.25. The Bertz CT molecular complexity index is 321. The van der Waals surface area contributed by atoms with Gasteiger partial charge >= 0.3 is 0 Å². The molecule has 1 aromatic heterocycles. The van der Waals surface area contributed by atoms with Crippen molar-refractivity contribution in [3.05, 3.63) is 12.2 Å². The third kappa shape index (κ3) is 2.57. The smallest absolute Gasteiger partial charge is 0.141 e. The summed E-state index contributed by atoms with van der Waals surface area (Å²) in [5.74, 6) is 3.53. The maximum Gasteiger partial charge on any atom is 0.141 e. The molecule has 0 aliphatic carbocycles. The van der Waals surface area contributed by atoms with Crippen LogP contribution in [0.3, 0.4) is 0 Å². The molecule has 0 spiro atoms. The molecule has 4 heteroatoms. The topological polar surface area (TPSA) is 42.7 Å². The van der Waals surface area contributed by atoms with Crippen LogP contribution in [0.25, 0.3) is 0 Å². The molecule has 0 saturated heterocycles. The zero-order valence-corrected chi connectivity index (χ0v) is 8.86. The molecule has 4 nitrogen and oxygen atoms in total. The fourth-order valence-corrected chi connectivity index (χ4v) is 1.14. The highest BCUT2D eigenvalue weighted by atomic mass is 15.4. The average molecular weight is 192 g/mol. The van der Waals surface area contributed by atoms with Crippen LogP contribution in [0, 0.1) is 12.3 Å². The van der Waals surface area contributed by atoms with Crippen molar-refractivity contribution in [2.24, 2.45) is 0 Å². The minimum absolute atomic E-state index is 0.0623. The molecule has 1 heterocycles. The fourth-order valence-electron chi connectivity index (χ4n) is 1.14. The van der Waals surface area contributed by atoms with Gasteiger partial charge in [-0.3, -0.25) is 5.32 Å². The molecule has 0 radical (unpaired) electrons. The van der Waals surface area contributed by atoms with Gasteiger partial charge in [0.15, 0.2) is 0 Å². The Balaban J connectivity index is 2.59. The molecule has 0 aromatic carbocycles. The van der Waals surface area contributed by atoms with Crippen LogP contribution in [-0.2, 0) is 6.54 Å². The van der Waals surface area contributed by atoms with Crippen molar-refractivity contribution in [1.82, 2.24) is 20.1 Å². The van der Waals surface area contributed by atoms with Gasteiger partial charge in [-0.05, 0) is 20.8 Å². The largest absolute Gasteiger partial charge is 0.297 e. The predicted molar refractivity (Wildman–Crippen MR) is 55.5 cm³/mol. The molecule has 1 aromatic rings. The molecular formula is C10H16N4. The summed E-state index contributed by atoms with van der Waals surface area (Å²) in [4.78, 5) is 4.16. The van der Waals surface area contributed by atoms with E-state index >= 15 is 0 Å². The second-order valence-corrected chi connectivity index (χ2v) is 3.48. The number of rotatable bonds is 4. The van der Waals surface area contributed by atoms with Crippen LogP contribution in [0.4, 0.5) is 0 Å². The van der Waals surface area contributed by atoms with Gasteiger partial charge in [0, 0.05) is 6.04 Å². The molecule has 0 bridgehead atoms. The monoisotopic (exact) mass is 192 g/mol. The molecule has 0 saturated carbocycles. The highest BCUT2D eigenvalue weighted by Crippen LogP contribution is 2.04. The zero-order chi connectivity index (χ0) is 10.6. The minimum Gasteiger partial charge on any atom is -0.297 e. The Morgan fingerprint density at radius 3 is 2.86 bits per heavy atom. The van der Waals surface area contributed by atoms with Gasteiger partial charge in [0.2, 0.25) is 0 Å². The minimum atomic E-state index is 0.0623. The number of hydrogen-bond acceptors (Lipinski definition) is 3. The normalized spacial score (nSPS) is 12.8. The molecule has 0 aliphatic heterocycles. The first kappa shape index (κ1) is 10.7. The van der Waals surface area contributed by atoms with E-state index in [9.17, 15) is 0 Å². The summed E-state index contributed by atoms with van der Waals surface area (Å²) in [7, 11) is 0. The van der Waals surface area contributed by atoms with Gasteiger partial charge in [-0.15, -0.1) is 6.42 Å². The zero-order valence-electron chi connectivity index (χ0n) is 8.86. The van der Waals surface area contributed by atoms with E-state index in [0.717, 1.165) is 5.82 Å². The summed E-state index contributed by atoms with van der Waals surface area (Å²) in [6, 6.07) is 0.391. The van der Waals surface area contributed by atoms with Crippen LogP contribution in [0.2, 0.25) is 0 Å². The summed E-state index contributed by atoms with van der Waals surface area (Å²) in [5.41, 5.74) is 0. The van der Waals surface area contributed by atoms with Crippen LogP contribution in [0.1, 0.15) is 32.6 Å². The van der Waals surface area contributed by atoms with E-state index in [1.165, 1.54) is 0 Å². The highest BCUT2D eigenvalue weighted by Gasteiger charge is 2.07. The molecule has 1 atom stereocenters. The lowest BCUT2D eigenvalue weighted by Gasteiger charge is -2.11. The Morgan fingerprint density at radius 1 is 1.57 bits per heavy atom. The van der Waals surface area contributed by atoms with Crippen molar-refractivity contribution in [3.8, 4) is 12.3 Å². The lowest BCUT2D eigenvalue weighted by Crippen LogP contribution is -2.26. The van der Waals surface area contributed by atoms with E-state index in [1.54, 1.807) is 6.33 Å². The molecule has 14 heavy (non-hydrogen) atoms. The van der Waals surface area contributed by atoms with Gasteiger partial charge in [0.25, 0.3) is 0 Å². The second-order valence-electron chi connectivity index (χ2n) is 3.48. The van der Waals surface area contributed by atoms with Crippen LogP contribution in [0.15, 0.2) is 6.33 Å². The first-order valence-electron chi connectivity index (χ1n) is 4.73. The Hall–Kier alpha value is -1.34. The van der Waals surface area contributed by atoms with Crippen molar-refractivity contribution < 1.29 is 0 Å². The van der Waals surface area contributed by atoms with Crippen molar-refractivity contribution in [2.75, 3.05) is 0 Å². The van der Waals surface area contributed by atoms with E-state index in [0.29, 0.717) is 12.6 Å². The van der Waals surface area contributed by atoms with Crippen LogP contribution in [0.5, 0.6) is 0 Å². The quantitative estimate of drug-likeness (QED) is 0.723. The molecule has 0 aliphatic rings. The summed E-state index contributed by atoms with van der Waals surface area (Å²) in [6.45, 7) is 6.74. The third-order valence-electron chi connectivity index (χ3n) is 1.95. The summed E-state index contributed by atoms with van der Waals surface area (Å²) in [5, 5.41) is 7.30. The second kappa shape index (κ2) is 4.77. The Kier molecular flexibility index (Phi) is 3.66. The molecule has 0 amide bonds. The van der Waals surface area contributed by atoms with Gasteiger partial charge in [-0.25, -0.2) is 9.67 Å². The summed E-state index contributed by atoms with van der Waals surface area (Å²) >= 11 is 0. The average Bonchev–Trinajstić information content (AvgIpc) is 2.62. The highest BCUT2D eigenvalue weighted by molar-refractivity contribution is 4.97. The van der Waals surface area contributed by atoms with Crippen LogP contribution >= 0.6 is 0 Å². The molecule has 1 rings (SSSR count). The van der Waals surface area contributed by atoms with Crippen molar-refractivity contribution in [1.29, 1.82) is 0 Å². The van der Waals surface area contributed by atoms with E-state index in [-0.39, 0.29) is 6.04 Å². The van der Waals surface area contributed by atoms with E-state index in [1.807, 2.05) is 11.6 Å². The SMILES string of the molecule is C#CC(C)NCc1ncnn1C(C)C. The maximum atomic E-state index is 5.25. The summed E-state index contributed by atoms with van der Waals surface area (Å²) in [6.07, 6.45) is 6.82. The van der Waals surface area contributed by atoms with Gasteiger partial charge in [-0.1, -0.05) is 5.92 Å².